The van der Waals surface area contributed by atoms with Gasteiger partial charge >= 0.3 is 0 Å². The van der Waals surface area contributed by atoms with E-state index >= 15 is 0 Å². The lowest BCUT2D eigenvalue weighted by Gasteiger charge is -2.28. The van der Waals surface area contributed by atoms with Gasteiger partial charge in [-0.2, -0.15) is 4.31 Å². The molecule has 170 valence electrons. The predicted molar refractivity (Wildman–Crippen MR) is 124 cm³/mol. The highest BCUT2D eigenvalue weighted by molar-refractivity contribution is 7.94. The van der Waals surface area contributed by atoms with E-state index in [1.165, 1.54) is 39.5 Å². The minimum atomic E-state index is -3.59. The van der Waals surface area contributed by atoms with E-state index in [0.29, 0.717) is 23.8 Å². The molecule has 0 N–H and O–H groups in total. The number of hydrogen-bond acceptors (Lipinski definition) is 5. The Kier molecular flexibility index (Phi) is 6.19. The highest BCUT2D eigenvalue weighted by Crippen LogP contribution is 2.29. The van der Waals surface area contributed by atoms with E-state index in [0.717, 1.165) is 23.8 Å². The summed E-state index contributed by atoms with van der Waals surface area (Å²) in [5.41, 5.74) is 1.54. The third-order valence-electron chi connectivity index (χ3n) is 5.70. The Labute approximate surface area is 193 Å². The van der Waals surface area contributed by atoms with Crippen LogP contribution in [0, 0.1) is 6.92 Å². The first-order valence-electron chi connectivity index (χ1n) is 10.2. The number of sulfone groups is 1. The Balaban J connectivity index is 1.68. The summed E-state index contributed by atoms with van der Waals surface area (Å²) in [4.78, 5) is 15.0. The van der Waals surface area contributed by atoms with Crippen molar-refractivity contribution >= 4 is 43.1 Å². The molecule has 0 unspecified atom stereocenters. The van der Waals surface area contributed by atoms with E-state index in [9.17, 15) is 21.6 Å². The number of hydrogen-bond donors (Lipinski definition) is 0. The highest BCUT2D eigenvalue weighted by atomic mass is 35.5. The van der Waals surface area contributed by atoms with Gasteiger partial charge in [0.05, 0.1) is 16.7 Å². The molecule has 2 aromatic rings. The van der Waals surface area contributed by atoms with Crippen molar-refractivity contribution in [1.29, 1.82) is 0 Å². The molecule has 0 aromatic heterocycles. The molecule has 7 nitrogen and oxygen atoms in total. The zero-order valence-electron chi connectivity index (χ0n) is 17.4. The zero-order chi connectivity index (χ0) is 23.1. The van der Waals surface area contributed by atoms with Gasteiger partial charge in [0.15, 0.2) is 9.84 Å². The molecule has 32 heavy (non-hydrogen) atoms. The fraction of sp³-hybridized carbons (Fsp3) is 0.318. The summed E-state index contributed by atoms with van der Waals surface area (Å²) in [5.74, 6) is -0.673. The van der Waals surface area contributed by atoms with Crippen molar-refractivity contribution in [3.8, 4) is 0 Å². The molecule has 1 saturated heterocycles. The van der Waals surface area contributed by atoms with Crippen LogP contribution < -0.4 is 4.90 Å². The molecular formula is C22H23ClN2O5S2. The van der Waals surface area contributed by atoms with Crippen LogP contribution in [0.2, 0.25) is 5.02 Å². The molecule has 0 radical (unpaired) electrons. The molecule has 4 rings (SSSR count). The van der Waals surface area contributed by atoms with Gasteiger partial charge in [-0.3, -0.25) is 4.79 Å². The number of halogens is 1. The first-order chi connectivity index (χ1) is 15.1. The number of carbonyl (C=O) groups is 1. The largest absolute Gasteiger partial charge is 0.300 e. The standard InChI is InChI=1S/C22H23ClN2O5S2/c1-16-4-7-18(14-21(16)23)25(19-10-13-31(27,28)15-19)22(26)17-5-8-20(9-6-17)32(29,30)24-11-2-3-12-24/h4-10,13-14,19H,2-3,11-12,15H2,1H3/t19-/m0/s1. The topological polar surface area (TPSA) is 91.8 Å². The maximum atomic E-state index is 13.5. The summed E-state index contributed by atoms with van der Waals surface area (Å²) in [6.07, 6.45) is 3.15. The minimum absolute atomic E-state index is 0.129. The van der Waals surface area contributed by atoms with Crippen LogP contribution in [0.4, 0.5) is 5.69 Å². The molecule has 0 saturated carbocycles. The Bertz CT molecular complexity index is 1280. The molecule has 2 aliphatic rings. The van der Waals surface area contributed by atoms with Crippen molar-refractivity contribution in [1.82, 2.24) is 4.31 Å². The van der Waals surface area contributed by atoms with Crippen LogP contribution in [0.3, 0.4) is 0 Å². The van der Waals surface area contributed by atoms with Crippen LogP contribution in [0.1, 0.15) is 28.8 Å². The Morgan fingerprint density at radius 3 is 2.31 bits per heavy atom. The third-order valence-corrected chi connectivity index (χ3v) is 9.40. The van der Waals surface area contributed by atoms with Crippen LogP contribution >= 0.6 is 11.6 Å². The van der Waals surface area contributed by atoms with Crippen LogP contribution in [-0.2, 0) is 19.9 Å². The highest BCUT2D eigenvalue weighted by Gasteiger charge is 2.33. The molecule has 2 aliphatic heterocycles. The molecule has 0 aliphatic carbocycles. The van der Waals surface area contributed by atoms with E-state index in [-0.39, 0.29) is 16.2 Å². The first kappa shape index (κ1) is 23.0. The number of aryl methyl sites for hydroxylation is 1. The van der Waals surface area contributed by atoms with Crippen LogP contribution in [-0.4, -0.2) is 51.9 Å². The van der Waals surface area contributed by atoms with E-state index < -0.39 is 31.8 Å². The van der Waals surface area contributed by atoms with Crippen molar-refractivity contribution in [3.05, 3.63) is 70.1 Å². The van der Waals surface area contributed by atoms with E-state index in [1.807, 2.05) is 6.92 Å². The molecule has 2 heterocycles. The van der Waals surface area contributed by atoms with E-state index in [4.69, 9.17) is 11.6 Å². The van der Waals surface area contributed by atoms with Gasteiger partial charge in [0.2, 0.25) is 10.0 Å². The molecule has 2 aromatic carbocycles. The number of carbonyl (C=O) groups excluding carboxylic acids is 1. The van der Waals surface area contributed by atoms with Crippen molar-refractivity contribution in [2.24, 2.45) is 0 Å². The molecule has 1 amide bonds. The monoisotopic (exact) mass is 494 g/mol. The lowest BCUT2D eigenvalue weighted by Crippen LogP contribution is -2.41. The van der Waals surface area contributed by atoms with Gasteiger partial charge in [-0.05, 0) is 67.8 Å². The lowest BCUT2D eigenvalue weighted by molar-refractivity contribution is 0.0983. The summed E-state index contributed by atoms with van der Waals surface area (Å²) in [6.45, 7) is 2.82. The first-order valence-corrected chi connectivity index (χ1v) is 13.7. The second-order valence-electron chi connectivity index (χ2n) is 7.97. The maximum Gasteiger partial charge on any atom is 0.258 e. The van der Waals surface area contributed by atoms with Gasteiger partial charge in [-0.1, -0.05) is 17.7 Å². The zero-order valence-corrected chi connectivity index (χ0v) is 19.8. The molecule has 0 bridgehead atoms. The van der Waals surface area contributed by atoms with Gasteiger partial charge in [0.25, 0.3) is 5.91 Å². The number of amides is 1. The van der Waals surface area contributed by atoms with Gasteiger partial charge in [0, 0.05) is 34.8 Å². The lowest BCUT2D eigenvalue weighted by atomic mass is 10.1. The quantitative estimate of drug-likeness (QED) is 0.635. The average molecular weight is 495 g/mol. The van der Waals surface area contributed by atoms with Crippen molar-refractivity contribution in [2.45, 2.75) is 30.7 Å². The normalized spacial score (nSPS) is 20.5. The summed E-state index contributed by atoms with van der Waals surface area (Å²) >= 11 is 6.26. The average Bonchev–Trinajstić information content (AvgIpc) is 3.41. The molecule has 0 spiro atoms. The molecular weight excluding hydrogens is 472 g/mol. The van der Waals surface area contributed by atoms with E-state index in [1.54, 1.807) is 18.2 Å². The molecule has 10 heteroatoms. The smallest absolute Gasteiger partial charge is 0.258 e. The van der Waals surface area contributed by atoms with E-state index in [2.05, 4.69) is 0 Å². The van der Waals surface area contributed by atoms with Crippen molar-refractivity contribution in [3.63, 3.8) is 0 Å². The Hall–Kier alpha value is -2.20. The Morgan fingerprint density at radius 1 is 1.09 bits per heavy atom. The maximum absolute atomic E-state index is 13.5. The summed E-state index contributed by atoms with van der Waals surface area (Å²) < 4.78 is 51.0. The van der Waals surface area contributed by atoms with Crippen LogP contribution in [0.15, 0.2) is 58.8 Å². The summed E-state index contributed by atoms with van der Waals surface area (Å²) in [7, 11) is -7.00. The Morgan fingerprint density at radius 2 is 1.75 bits per heavy atom. The molecule has 1 atom stereocenters. The number of benzene rings is 2. The van der Waals surface area contributed by atoms with Gasteiger partial charge < -0.3 is 4.90 Å². The summed E-state index contributed by atoms with van der Waals surface area (Å²) in [5, 5.41) is 1.57. The van der Waals surface area contributed by atoms with Gasteiger partial charge in [-0.15, -0.1) is 0 Å². The number of nitrogens with zero attached hydrogens (tertiary/aromatic N) is 2. The SMILES string of the molecule is Cc1ccc(N(C(=O)c2ccc(S(=O)(=O)N3CCCC3)cc2)[C@H]2C=CS(=O)(=O)C2)cc1Cl. The van der Waals surface area contributed by atoms with Crippen molar-refractivity contribution in [2.75, 3.05) is 23.7 Å². The number of sulfonamides is 1. The van der Waals surface area contributed by atoms with Crippen molar-refractivity contribution < 1.29 is 21.6 Å². The number of anilines is 1. The van der Waals surface area contributed by atoms with Gasteiger partial charge in [0.1, 0.15) is 0 Å². The third kappa shape index (κ3) is 4.47. The summed E-state index contributed by atoms with van der Waals surface area (Å²) in [6, 6.07) is 10.2. The van der Waals surface area contributed by atoms with Crippen LogP contribution in [0.25, 0.3) is 0 Å². The second-order valence-corrected chi connectivity index (χ2v) is 12.2. The van der Waals surface area contributed by atoms with Gasteiger partial charge in [-0.25, -0.2) is 16.8 Å². The minimum Gasteiger partial charge on any atom is -0.300 e. The molecule has 1 fully saturated rings. The fourth-order valence-corrected chi connectivity index (χ4v) is 6.86. The predicted octanol–water partition coefficient (Wildman–Crippen LogP) is 3.39. The second kappa shape index (κ2) is 8.62. The number of rotatable bonds is 5. The van der Waals surface area contributed by atoms with Crippen LogP contribution in [0.5, 0.6) is 0 Å². The fourth-order valence-electron chi connectivity index (χ4n) is 3.90.